The number of anilines is 1. The molecule has 0 N–H and O–H groups in total. The largest absolute Gasteiger partial charge is 0.417 e. The van der Waals surface area contributed by atoms with Crippen LogP contribution >= 0.6 is 0 Å². The van der Waals surface area contributed by atoms with E-state index in [1.54, 1.807) is 6.07 Å². The number of alkyl halides is 3. The summed E-state index contributed by atoms with van der Waals surface area (Å²) >= 11 is 0. The molecule has 0 aliphatic heterocycles. The highest BCUT2D eigenvalue weighted by Crippen LogP contribution is 2.34. The van der Waals surface area contributed by atoms with Gasteiger partial charge in [-0.3, -0.25) is 0 Å². The van der Waals surface area contributed by atoms with E-state index in [1.165, 1.54) is 25.0 Å². The summed E-state index contributed by atoms with van der Waals surface area (Å²) in [7, 11) is 1.90. The highest BCUT2D eigenvalue weighted by atomic mass is 19.4. The Morgan fingerprint density at radius 2 is 1.76 bits per heavy atom. The van der Waals surface area contributed by atoms with Crippen molar-refractivity contribution in [2.24, 2.45) is 0 Å². The summed E-state index contributed by atoms with van der Waals surface area (Å²) in [5, 5.41) is 8.97. The third kappa shape index (κ3) is 3.69. The third-order valence-corrected chi connectivity index (χ3v) is 4.21. The van der Waals surface area contributed by atoms with Gasteiger partial charge in [0.05, 0.1) is 17.2 Å². The number of nitrogens with zero attached hydrogens (tertiary/aromatic N) is 2. The van der Waals surface area contributed by atoms with Crippen LogP contribution in [0.25, 0.3) is 0 Å². The molecule has 0 amide bonds. The van der Waals surface area contributed by atoms with Crippen molar-refractivity contribution in [3.63, 3.8) is 0 Å². The molecule has 1 aliphatic carbocycles. The molecule has 0 radical (unpaired) electrons. The predicted molar refractivity (Wildman–Crippen MR) is 76.1 cm³/mol. The zero-order valence-corrected chi connectivity index (χ0v) is 12.1. The molecule has 1 saturated carbocycles. The Morgan fingerprint density at radius 3 is 2.29 bits per heavy atom. The Hall–Kier alpha value is -1.70. The first-order valence-corrected chi connectivity index (χ1v) is 7.27. The van der Waals surface area contributed by atoms with Crippen molar-refractivity contribution in [3.8, 4) is 6.07 Å². The van der Waals surface area contributed by atoms with Gasteiger partial charge in [-0.2, -0.15) is 18.4 Å². The first-order valence-electron chi connectivity index (χ1n) is 7.27. The van der Waals surface area contributed by atoms with Crippen LogP contribution in [0.4, 0.5) is 18.9 Å². The molecule has 1 fully saturated rings. The molecule has 114 valence electrons. The quantitative estimate of drug-likeness (QED) is 0.737. The van der Waals surface area contributed by atoms with Crippen LogP contribution in [-0.4, -0.2) is 13.1 Å². The van der Waals surface area contributed by atoms with Crippen LogP contribution in [0.2, 0.25) is 0 Å². The van der Waals surface area contributed by atoms with Crippen LogP contribution in [-0.2, 0) is 6.18 Å². The van der Waals surface area contributed by atoms with E-state index in [-0.39, 0.29) is 5.56 Å². The minimum Gasteiger partial charge on any atom is -0.372 e. The van der Waals surface area contributed by atoms with E-state index in [2.05, 4.69) is 0 Å². The maximum absolute atomic E-state index is 12.8. The number of benzene rings is 1. The molecule has 0 unspecified atom stereocenters. The van der Waals surface area contributed by atoms with Crippen molar-refractivity contribution < 1.29 is 13.2 Å². The fourth-order valence-electron chi connectivity index (χ4n) is 2.95. The molecule has 0 atom stereocenters. The second-order valence-corrected chi connectivity index (χ2v) is 5.60. The molecule has 0 spiro atoms. The maximum Gasteiger partial charge on any atom is 0.417 e. The average molecular weight is 296 g/mol. The van der Waals surface area contributed by atoms with Crippen LogP contribution in [0.3, 0.4) is 0 Å². The summed E-state index contributed by atoms with van der Waals surface area (Å²) in [4.78, 5) is 2.02. The lowest BCUT2D eigenvalue weighted by atomic mass is 10.0. The first kappa shape index (κ1) is 15.7. The number of hydrogen-bond acceptors (Lipinski definition) is 2. The van der Waals surface area contributed by atoms with E-state index in [9.17, 15) is 13.2 Å². The van der Waals surface area contributed by atoms with Crippen LogP contribution < -0.4 is 4.90 Å². The van der Waals surface area contributed by atoms with E-state index >= 15 is 0 Å². The van der Waals surface area contributed by atoms with Gasteiger partial charge in [0.1, 0.15) is 0 Å². The van der Waals surface area contributed by atoms with Crippen LogP contribution in [0.15, 0.2) is 18.2 Å². The van der Waals surface area contributed by atoms with Crippen LogP contribution in [0, 0.1) is 11.3 Å². The fourth-order valence-corrected chi connectivity index (χ4v) is 2.95. The maximum atomic E-state index is 12.8. The Kier molecular flexibility index (Phi) is 4.76. The second-order valence-electron chi connectivity index (χ2n) is 5.60. The standard InChI is InChI=1S/C16H19F3N2/c1-21(13-6-4-2-3-5-7-13)14-8-9-15(16(17,18)19)12(10-14)11-20/h8-10,13H,2-7H2,1H3. The second kappa shape index (κ2) is 6.38. The average Bonchev–Trinajstić information content (AvgIpc) is 2.73. The fraction of sp³-hybridized carbons (Fsp3) is 0.562. The molecule has 2 rings (SSSR count). The molecule has 0 bridgehead atoms. The van der Waals surface area contributed by atoms with Gasteiger partial charge < -0.3 is 4.90 Å². The van der Waals surface area contributed by atoms with E-state index < -0.39 is 11.7 Å². The molecule has 2 nitrogen and oxygen atoms in total. The normalized spacial score (nSPS) is 17.1. The lowest BCUT2D eigenvalue weighted by molar-refractivity contribution is -0.137. The number of rotatable bonds is 2. The summed E-state index contributed by atoms with van der Waals surface area (Å²) < 4.78 is 38.4. The van der Waals surface area contributed by atoms with Gasteiger partial charge in [-0.05, 0) is 31.0 Å². The topological polar surface area (TPSA) is 27.0 Å². The van der Waals surface area contributed by atoms with Crippen molar-refractivity contribution >= 4 is 5.69 Å². The lowest BCUT2D eigenvalue weighted by Crippen LogP contribution is -2.31. The number of hydrogen-bond donors (Lipinski definition) is 0. The van der Waals surface area contributed by atoms with Gasteiger partial charge in [-0.1, -0.05) is 25.7 Å². The Bertz CT molecular complexity index is 523. The monoisotopic (exact) mass is 296 g/mol. The highest BCUT2D eigenvalue weighted by Gasteiger charge is 2.33. The van der Waals surface area contributed by atoms with E-state index in [0.29, 0.717) is 11.7 Å². The zero-order chi connectivity index (χ0) is 15.5. The van der Waals surface area contributed by atoms with Gasteiger partial charge in [-0.25, -0.2) is 0 Å². The summed E-state index contributed by atoms with van der Waals surface area (Å²) in [6.07, 6.45) is 2.38. The summed E-state index contributed by atoms with van der Waals surface area (Å²) in [5.74, 6) is 0. The van der Waals surface area contributed by atoms with E-state index in [4.69, 9.17) is 5.26 Å². The predicted octanol–water partition coefficient (Wildman–Crippen LogP) is 4.74. The van der Waals surface area contributed by atoms with Crippen molar-refractivity contribution in [1.29, 1.82) is 5.26 Å². The van der Waals surface area contributed by atoms with Crippen molar-refractivity contribution in [2.45, 2.75) is 50.7 Å². The molecule has 0 heterocycles. The number of nitriles is 1. The number of halogens is 3. The van der Waals surface area contributed by atoms with E-state index in [1.807, 2.05) is 11.9 Å². The Balaban J connectivity index is 2.26. The minimum atomic E-state index is -4.48. The Morgan fingerprint density at radius 1 is 1.14 bits per heavy atom. The zero-order valence-electron chi connectivity index (χ0n) is 12.1. The van der Waals surface area contributed by atoms with Gasteiger partial charge >= 0.3 is 6.18 Å². The van der Waals surface area contributed by atoms with Gasteiger partial charge in [0.15, 0.2) is 0 Å². The summed E-state index contributed by atoms with van der Waals surface area (Å²) in [5.41, 5.74) is -0.477. The van der Waals surface area contributed by atoms with E-state index in [0.717, 1.165) is 31.7 Å². The molecule has 21 heavy (non-hydrogen) atoms. The third-order valence-electron chi connectivity index (χ3n) is 4.21. The molecule has 1 aromatic rings. The van der Waals surface area contributed by atoms with Gasteiger partial charge in [0.25, 0.3) is 0 Å². The SMILES string of the molecule is CN(c1ccc(C(F)(F)F)c(C#N)c1)C1CCCCCC1. The van der Waals surface area contributed by atoms with Crippen molar-refractivity contribution in [1.82, 2.24) is 0 Å². The first-order chi connectivity index (χ1) is 9.93. The molecule has 0 saturated heterocycles. The molecule has 5 heteroatoms. The highest BCUT2D eigenvalue weighted by molar-refractivity contribution is 5.55. The van der Waals surface area contributed by atoms with Crippen molar-refractivity contribution in [2.75, 3.05) is 11.9 Å². The lowest BCUT2D eigenvalue weighted by Gasteiger charge is -2.29. The summed E-state index contributed by atoms with van der Waals surface area (Å²) in [6, 6.07) is 5.85. The molecular formula is C16H19F3N2. The minimum absolute atomic E-state index is 0.305. The molecule has 0 aromatic heterocycles. The smallest absolute Gasteiger partial charge is 0.372 e. The Labute approximate surface area is 123 Å². The van der Waals surface area contributed by atoms with Gasteiger partial charge in [0, 0.05) is 18.8 Å². The molecule has 1 aromatic carbocycles. The van der Waals surface area contributed by atoms with Crippen LogP contribution in [0.5, 0.6) is 0 Å². The molecular weight excluding hydrogens is 277 g/mol. The van der Waals surface area contributed by atoms with Gasteiger partial charge in [-0.15, -0.1) is 0 Å². The summed E-state index contributed by atoms with van der Waals surface area (Å²) in [6.45, 7) is 0. The van der Waals surface area contributed by atoms with Crippen molar-refractivity contribution in [3.05, 3.63) is 29.3 Å². The van der Waals surface area contributed by atoms with Gasteiger partial charge in [0.2, 0.25) is 0 Å². The molecule has 1 aliphatic rings. The van der Waals surface area contributed by atoms with Crippen LogP contribution in [0.1, 0.15) is 49.7 Å².